The lowest BCUT2D eigenvalue weighted by Gasteiger charge is -2.04. The summed E-state index contributed by atoms with van der Waals surface area (Å²) in [6.45, 7) is 3.50. The molecular weight excluding hydrogens is 280 g/mol. The molecule has 0 radical (unpaired) electrons. The zero-order valence-corrected chi connectivity index (χ0v) is 12.7. The van der Waals surface area contributed by atoms with Crippen LogP contribution >= 0.6 is 0 Å². The molecule has 0 aliphatic heterocycles. The molecule has 0 bridgehead atoms. The highest BCUT2D eigenvalue weighted by Gasteiger charge is 2.15. The second kappa shape index (κ2) is 6.53. The fraction of sp³-hybridized carbons (Fsp3) is 0.312. The lowest BCUT2D eigenvalue weighted by Crippen LogP contribution is -2.06. The van der Waals surface area contributed by atoms with Gasteiger partial charge in [-0.1, -0.05) is 35.0 Å². The van der Waals surface area contributed by atoms with E-state index in [9.17, 15) is 0 Å². The molecule has 2 heterocycles. The van der Waals surface area contributed by atoms with Crippen molar-refractivity contribution in [2.45, 2.75) is 13.3 Å². The quantitative estimate of drug-likeness (QED) is 0.705. The molecule has 22 heavy (non-hydrogen) atoms. The minimum Gasteiger partial charge on any atom is -0.385 e. The van der Waals surface area contributed by atoms with Crippen LogP contribution in [0.3, 0.4) is 0 Å². The molecule has 0 saturated heterocycles. The van der Waals surface area contributed by atoms with Crippen LogP contribution in [0, 0.1) is 6.92 Å². The van der Waals surface area contributed by atoms with Crippen LogP contribution in [0.25, 0.3) is 22.4 Å². The van der Waals surface area contributed by atoms with Gasteiger partial charge in [0.2, 0.25) is 5.58 Å². The Kier molecular flexibility index (Phi) is 4.29. The van der Waals surface area contributed by atoms with Gasteiger partial charge in [-0.05, 0) is 13.3 Å². The van der Waals surface area contributed by atoms with Crippen molar-refractivity contribution in [2.24, 2.45) is 0 Å². The van der Waals surface area contributed by atoms with Crippen molar-refractivity contribution in [1.29, 1.82) is 0 Å². The molecule has 0 unspecified atom stereocenters. The molecule has 6 nitrogen and oxygen atoms in total. The molecular formula is C16H18N4O2. The second-order valence-corrected chi connectivity index (χ2v) is 5.07. The number of ether oxygens (including phenoxy) is 1. The fourth-order valence-corrected chi connectivity index (χ4v) is 2.21. The lowest BCUT2D eigenvalue weighted by atomic mass is 10.1. The minimum atomic E-state index is 0.579. The van der Waals surface area contributed by atoms with Gasteiger partial charge in [0.25, 0.3) is 0 Å². The number of fused-ring (bicyclic) bond motifs is 1. The predicted molar refractivity (Wildman–Crippen MR) is 84.8 cm³/mol. The Morgan fingerprint density at radius 3 is 2.77 bits per heavy atom. The molecule has 3 aromatic rings. The molecule has 6 heteroatoms. The Morgan fingerprint density at radius 2 is 2.00 bits per heavy atom. The van der Waals surface area contributed by atoms with E-state index in [1.54, 1.807) is 7.11 Å². The summed E-state index contributed by atoms with van der Waals surface area (Å²) in [6.07, 6.45) is 2.41. The summed E-state index contributed by atoms with van der Waals surface area (Å²) in [5.74, 6) is 0.659. The van der Waals surface area contributed by atoms with Crippen molar-refractivity contribution in [2.75, 3.05) is 25.6 Å². The van der Waals surface area contributed by atoms with Crippen LogP contribution < -0.4 is 5.32 Å². The first-order chi connectivity index (χ1) is 10.8. The number of nitrogens with zero attached hydrogens (tertiary/aromatic N) is 3. The lowest BCUT2D eigenvalue weighted by molar-refractivity contribution is 0.197. The van der Waals surface area contributed by atoms with Gasteiger partial charge in [0.15, 0.2) is 5.82 Å². The zero-order chi connectivity index (χ0) is 15.4. The molecule has 0 aliphatic rings. The highest BCUT2D eigenvalue weighted by atomic mass is 16.5. The van der Waals surface area contributed by atoms with Gasteiger partial charge >= 0.3 is 0 Å². The van der Waals surface area contributed by atoms with E-state index in [0.717, 1.165) is 24.2 Å². The number of nitrogens with one attached hydrogen (secondary N) is 1. The van der Waals surface area contributed by atoms with E-state index in [4.69, 9.17) is 9.26 Å². The van der Waals surface area contributed by atoms with Crippen LogP contribution in [0.5, 0.6) is 0 Å². The second-order valence-electron chi connectivity index (χ2n) is 5.07. The van der Waals surface area contributed by atoms with Gasteiger partial charge in [0.1, 0.15) is 17.5 Å². The van der Waals surface area contributed by atoms with Crippen molar-refractivity contribution in [1.82, 2.24) is 15.1 Å². The minimum absolute atomic E-state index is 0.579. The molecule has 114 valence electrons. The van der Waals surface area contributed by atoms with Gasteiger partial charge in [-0.3, -0.25) is 0 Å². The average molecular weight is 298 g/mol. The molecule has 1 aromatic carbocycles. The Bertz CT molecular complexity index is 752. The topological polar surface area (TPSA) is 73.1 Å². The van der Waals surface area contributed by atoms with Gasteiger partial charge in [-0.15, -0.1) is 0 Å². The van der Waals surface area contributed by atoms with E-state index in [1.165, 1.54) is 11.9 Å². The number of aryl methyl sites for hydroxylation is 1. The van der Waals surface area contributed by atoms with Gasteiger partial charge in [-0.2, -0.15) is 0 Å². The zero-order valence-electron chi connectivity index (χ0n) is 12.7. The van der Waals surface area contributed by atoms with Gasteiger partial charge in [0, 0.05) is 25.8 Å². The molecule has 0 fully saturated rings. The Balaban J connectivity index is 1.90. The number of hydrogen-bond acceptors (Lipinski definition) is 6. The number of aromatic nitrogens is 3. The number of rotatable bonds is 6. The van der Waals surface area contributed by atoms with E-state index < -0.39 is 0 Å². The summed E-state index contributed by atoms with van der Waals surface area (Å²) in [7, 11) is 1.69. The highest BCUT2D eigenvalue weighted by molar-refractivity contribution is 5.93. The molecule has 1 N–H and O–H groups in total. The van der Waals surface area contributed by atoms with Crippen molar-refractivity contribution in [3.8, 4) is 11.3 Å². The van der Waals surface area contributed by atoms with Crippen molar-refractivity contribution in [3.63, 3.8) is 0 Å². The van der Waals surface area contributed by atoms with E-state index in [2.05, 4.69) is 27.4 Å². The van der Waals surface area contributed by atoms with E-state index >= 15 is 0 Å². The SMILES string of the molecule is COCCCNc1ncnc2c(-c3ccc(C)cc3)noc12. The first-order valence-electron chi connectivity index (χ1n) is 7.20. The summed E-state index contributed by atoms with van der Waals surface area (Å²) in [4.78, 5) is 8.54. The largest absolute Gasteiger partial charge is 0.385 e. The highest BCUT2D eigenvalue weighted by Crippen LogP contribution is 2.29. The fourth-order valence-electron chi connectivity index (χ4n) is 2.21. The third kappa shape index (κ3) is 2.92. The standard InChI is InChI=1S/C16H18N4O2/c1-11-4-6-12(7-5-11)13-14-15(22-20-13)16(19-10-18-14)17-8-3-9-21-2/h4-7,10H,3,8-9H2,1-2H3,(H,17,18,19). The van der Waals surface area contributed by atoms with Crippen LogP contribution in [-0.4, -0.2) is 35.4 Å². The molecule has 0 aliphatic carbocycles. The Hall–Kier alpha value is -2.47. The number of hydrogen-bond donors (Lipinski definition) is 1. The van der Waals surface area contributed by atoms with Crippen molar-refractivity contribution >= 4 is 16.9 Å². The normalized spacial score (nSPS) is 11.0. The van der Waals surface area contributed by atoms with Gasteiger partial charge in [0.05, 0.1) is 0 Å². The first kappa shape index (κ1) is 14.5. The van der Waals surface area contributed by atoms with Gasteiger partial charge in [-0.25, -0.2) is 9.97 Å². The van der Waals surface area contributed by atoms with Crippen LogP contribution in [-0.2, 0) is 4.74 Å². The average Bonchev–Trinajstić information content (AvgIpc) is 2.97. The number of benzene rings is 1. The monoisotopic (exact) mass is 298 g/mol. The maximum Gasteiger partial charge on any atom is 0.228 e. The maximum absolute atomic E-state index is 5.45. The summed E-state index contributed by atoms with van der Waals surface area (Å²) in [5, 5.41) is 7.39. The molecule has 0 atom stereocenters. The molecule has 3 rings (SSSR count). The van der Waals surface area contributed by atoms with Gasteiger partial charge < -0.3 is 14.6 Å². The maximum atomic E-state index is 5.45. The van der Waals surface area contributed by atoms with E-state index in [1.807, 2.05) is 24.3 Å². The first-order valence-corrected chi connectivity index (χ1v) is 7.20. The van der Waals surface area contributed by atoms with E-state index in [-0.39, 0.29) is 0 Å². The molecule has 0 saturated carbocycles. The van der Waals surface area contributed by atoms with Crippen LogP contribution in [0.15, 0.2) is 35.1 Å². The van der Waals surface area contributed by atoms with Crippen LogP contribution in [0.2, 0.25) is 0 Å². The Morgan fingerprint density at radius 1 is 1.18 bits per heavy atom. The predicted octanol–water partition coefficient (Wildman–Crippen LogP) is 3.04. The molecule has 0 spiro atoms. The third-order valence-electron chi connectivity index (χ3n) is 3.40. The van der Waals surface area contributed by atoms with Crippen molar-refractivity contribution < 1.29 is 9.26 Å². The summed E-state index contributed by atoms with van der Waals surface area (Å²) in [6, 6.07) is 8.11. The number of anilines is 1. The third-order valence-corrected chi connectivity index (χ3v) is 3.40. The molecule has 2 aromatic heterocycles. The summed E-state index contributed by atoms with van der Waals surface area (Å²) in [5.41, 5.74) is 4.21. The van der Waals surface area contributed by atoms with Crippen LogP contribution in [0.1, 0.15) is 12.0 Å². The van der Waals surface area contributed by atoms with Crippen molar-refractivity contribution in [3.05, 3.63) is 36.2 Å². The molecule has 0 amide bonds. The summed E-state index contributed by atoms with van der Waals surface area (Å²) >= 11 is 0. The smallest absolute Gasteiger partial charge is 0.228 e. The van der Waals surface area contributed by atoms with Crippen LogP contribution in [0.4, 0.5) is 5.82 Å². The summed E-state index contributed by atoms with van der Waals surface area (Å²) < 4.78 is 10.5. The Labute approximate surface area is 128 Å². The van der Waals surface area contributed by atoms with E-state index in [0.29, 0.717) is 23.5 Å². The number of methoxy groups -OCH3 is 1.